The summed E-state index contributed by atoms with van der Waals surface area (Å²) in [5, 5.41) is 2.72. The molecule has 0 radical (unpaired) electrons. The van der Waals surface area contributed by atoms with Crippen LogP contribution in [0.4, 0.5) is 5.69 Å². The number of hydrogen-bond acceptors (Lipinski definition) is 7. The predicted molar refractivity (Wildman–Crippen MR) is 138 cm³/mol. The highest BCUT2D eigenvalue weighted by Crippen LogP contribution is 2.26. The number of fused-ring (bicyclic) bond motifs is 1. The lowest BCUT2D eigenvalue weighted by Gasteiger charge is -2.36. The van der Waals surface area contributed by atoms with Crippen molar-refractivity contribution in [2.75, 3.05) is 52.9 Å². The highest BCUT2D eigenvalue weighted by atomic mass is 16.5. The number of benzene rings is 1. The van der Waals surface area contributed by atoms with Gasteiger partial charge in [0, 0.05) is 57.9 Å². The second kappa shape index (κ2) is 13.2. The highest BCUT2D eigenvalue weighted by molar-refractivity contribution is 5.99. The van der Waals surface area contributed by atoms with Gasteiger partial charge in [0.2, 0.25) is 11.8 Å². The molecule has 1 aliphatic rings. The molecule has 0 aliphatic carbocycles. The van der Waals surface area contributed by atoms with Crippen LogP contribution < -0.4 is 10.1 Å². The first-order valence-corrected chi connectivity index (χ1v) is 12.3. The second-order valence-electron chi connectivity index (χ2n) is 9.33. The van der Waals surface area contributed by atoms with Gasteiger partial charge in [-0.05, 0) is 37.3 Å². The first-order valence-electron chi connectivity index (χ1n) is 12.3. The lowest BCUT2D eigenvalue weighted by Crippen LogP contribution is -2.49. The Bertz CT molecular complexity index is 1080. The number of methoxy groups -OCH3 is 2. The highest BCUT2D eigenvalue weighted by Gasteiger charge is 2.30. The van der Waals surface area contributed by atoms with Gasteiger partial charge in [0.15, 0.2) is 0 Å². The minimum absolute atomic E-state index is 0.0607. The SMILES string of the molecule is COCC(=O)Nc1ccc2c(c1)C(=O)N(C)C[C@@H](OC)[C@H](C)CN(C(=O)Cc1ccccn1)[C@@H](C)CO2. The summed E-state index contributed by atoms with van der Waals surface area (Å²) >= 11 is 0. The van der Waals surface area contributed by atoms with Crippen molar-refractivity contribution in [3.8, 4) is 5.75 Å². The van der Waals surface area contributed by atoms with E-state index >= 15 is 0 Å². The van der Waals surface area contributed by atoms with Crippen molar-refractivity contribution < 1.29 is 28.6 Å². The maximum Gasteiger partial charge on any atom is 0.257 e. The van der Waals surface area contributed by atoms with Crippen LogP contribution >= 0.6 is 0 Å². The van der Waals surface area contributed by atoms with E-state index in [0.717, 1.165) is 0 Å². The number of carbonyl (C=O) groups excluding carboxylic acids is 3. The molecule has 0 spiro atoms. The molecule has 0 saturated heterocycles. The zero-order valence-corrected chi connectivity index (χ0v) is 22.1. The van der Waals surface area contributed by atoms with Gasteiger partial charge in [0.1, 0.15) is 19.0 Å². The van der Waals surface area contributed by atoms with Gasteiger partial charge in [0.05, 0.1) is 24.1 Å². The summed E-state index contributed by atoms with van der Waals surface area (Å²) in [6, 6.07) is 10.1. The third-order valence-electron chi connectivity index (χ3n) is 6.38. The molecule has 1 aromatic heterocycles. The number of ether oxygens (including phenoxy) is 3. The van der Waals surface area contributed by atoms with Gasteiger partial charge < -0.3 is 29.3 Å². The lowest BCUT2D eigenvalue weighted by atomic mass is 10.0. The number of amides is 3. The molecule has 3 amide bonds. The van der Waals surface area contributed by atoms with Crippen LogP contribution in [-0.2, 0) is 25.5 Å². The van der Waals surface area contributed by atoms with Crippen molar-refractivity contribution >= 4 is 23.4 Å². The molecule has 37 heavy (non-hydrogen) atoms. The first-order chi connectivity index (χ1) is 17.7. The van der Waals surface area contributed by atoms with Gasteiger partial charge in [-0.25, -0.2) is 0 Å². The van der Waals surface area contributed by atoms with E-state index in [9.17, 15) is 14.4 Å². The summed E-state index contributed by atoms with van der Waals surface area (Å²) in [5.41, 5.74) is 1.45. The summed E-state index contributed by atoms with van der Waals surface area (Å²) < 4.78 is 16.7. The summed E-state index contributed by atoms with van der Waals surface area (Å²) in [6.07, 6.45) is 1.54. The van der Waals surface area contributed by atoms with Crippen molar-refractivity contribution in [3.63, 3.8) is 0 Å². The fraction of sp³-hybridized carbons (Fsp3) is 0.481. The van der Waals surface area contributed by atoms with Gasteiger partial charge in [-0.3, -0.25) is 19.4 Å². The molecule has 3 rings (SSSR count). The molecule has 10 heteroatoms. The Balaban J connectivity index is 1.92. The van der Waals surface area contributed by atoms with Crippen molar-refractivity contribution in [3.05, 3.63) is 53.9 Å². The average Bonchev–Trinajstić information content (AvgIpc) is 2.88. The van der Waals surface area contributed by atoms with Crippen molar-refractivity contribution in [2.45, 2.75) is 32.4 Å². The molecular formula is C27H36N4O6. The minimum Gasteiger partial charge on any atom is -0.491 e. The monoisotopic (exact) mass is 512 g/mol. The number of hydrogen-bond donors (Lipinski definition) is 1. The van der Waals surface area contributed by atoms with Crippen LogP contribution in [0.2, 0.25) is 0 Å². The van der Waals surface area contributed by atoms with Gasteiger partial charge in [-0.2, -0.15) is 0 Å². The zero-order chi connectivity index (χ0) is 26.9. The lowest BCUT2D eigenvalue weighted by molar-refractivity contribution is -0.134. The van der Waals surface area contributed by atoms with Crippen molar-refractivity contribution in [1.82, 2.24) is 14.8 Å². The van der Waals surface area contributed by atoms with Gasteiger partial charge in [0.25, 0.3) is 5.91 Å². The van der Waals surface area contributed by atoms with Crippen LogP contribution in [0, 0.1) is 5.92 Å². The number of aromatic nitrogens is 1. The van der Waals surface area contributed by atoms with E-state index in [2.05, 4.69) is 10.3 Å². The number of anilines is 1. The van der Waals surface area contributed by atoms with E-state index < -0.39 is 0 Å². The normalized spacial score (nSPS) is 20.8. The summed E-state index contributed by atoms with van der Waals surface area (Å²) in [6.45, 7) is 4.75. The number of carbonyl (C=O) groups is 3. The zero-order valence-electron chi connectivity index (χ0n) is 22.1. The molecule has 10 nitrogen and oxygen atoms in total. The number of rotatable bonds is 6. The minimum atomic E-state index is -0.332. The molecule has 200 valence electrons. The Kier molecular flexibility index (Phi) is 9.99. The number of pyridine rings is 1. The van der Waals surface area contributed by atoms with Crippen LogP contribution in [0.5, 0.6) is 5.75 Å². The van der Waals surface area contributed by atoms with E-state index in [-0.39, 0.29) is 55.4 Å². The van der Waals surface area contributed by atoms with E-state index in [1.807, 2.05) is 32.0 Å². The molecule has 0 bridgehead atoms. The Hall–Kier alpha value is -3.50. The fourth-order valence-electron chi connectivity index (χ4n) is 4.29. The third kappa shape index (κ3) is 7.50. The van der Waals surface area contributed by atoms with Crippen LogP contribution in [0.25, 0.3) is 0 Å². The third-order valence-corrected chi connectivity index (χ3v) is 6.38. The first kappa shape index (κ1) is 28.1. The molecule has 2 aromatic rings. The topological polar surface area (TPSA) is 110 Å². The Morgan fingerprint density at radius 3 is 2.62 bits per heavy atom. The average molecular weight is 513 g/mol. The molecule has 0 fully saturated rings. The standard InChI is InChI=1S/C27H36N4O6/c1-18-14-31(26(33)13-20-8-6-7-11-28-20)19(2)16-37-23-10-9-21(29-25(32)17-35-4)12-22(23)27(34)30(3)15-24(18)36-5/h6-12,18-19,24H,13-17H2,1-5H3,(H,29,32)/t18-,19+,24-/m1/s1. The van der Waals surface area contributed by atoms with E-state index in [1.165, 1.54) is 7.11 Å². The van der Waals surface area contributed by atoms with Crippen LogP contribution in [-0.4, -0.2) is 92.2 Å². The molecule has 1 N–H and O–H groups in total. The second-order valence-corrected chi connectivity index (χ2v) is 9.33. The van der Waals surface area contributed by atoms with E-state index in [1.54, 1.807) is 48.4 Å². The Morgan fingerprint density at radius 2 is 1.95 bits per heavy atom. The smallest absolute Gasteiger partial charge is 0.257 e. The largest absolute Gasteiger partial charge is 0.491 e. The number of nitrogens with zero attached hydrogens (tertiary/aromatic N) is 3. The Morgan fingerprint density at radius 1 is 1.16 bits per heavy atom. The van der Waals surface area contributed by atoms with Crippen LogP contribution in [0.1, 0.15) is 29.9 Å². The van der Waals surface area contributed by atoms with Crippen LogP contribution in [0.3, 0.4) is 0 Å². The van der Waals surface area contributed by atoms with Gasteiger partial charge >= 0.3 is 0 Å². The molecule has 3 atom stereocenters. The quantitative estimate of drug-likeness (QED) is 0.632. The maximum absolute atomic E-state index is 13.4. The predicted octanol–water partition coefficient (Wildman–Crippen LogP) is 2.24. The fourth-order valence-corrected chi connectivity index (χ4v) is 4.29. The molecule has 1 aromatic carbocycles. The summed E-state index contributed by atoms with van der Waals surface area (Å²) in [5.74, 6) is -0.346. The van der Waals surface area contributed by atoms with Crippen molar-refractivity contribution in [1.29, 1.82) is 0 Å². The molecule has 1 aliphatic heterocycles. The maximum atomic E-state index is 13.4. The summed E-state index contributed by atoms with van der Waals surface area (Å²) in [4.78, 5) is 46.5. The van der Waals surface area contributed by atoms with E-state index in [4.69, 9.17) is 14.2 Å². The summed E-state index contributed by atoms with van der Waals surface area (Å²) in [7, 11) is 4.73. The van der Waals surface area contributed by atoms with Crippen molar-refractivity contribution in [2.24, 2.45) is 5.92 Å². The van der Waals surface area contributed by atoms with Gasteiger partial charge in [-0.15, -0.1) is 0 Å². The Labute approximate surface area is 217 Å². The molecule has 0 unspecified atom stereocenters. The number of likely N-dealkylation sites (N-methyl/N-ethyl adjacent to an activating group) is 1. The molecule has 2 heterocycles. The van der Waals surface area contributed by atoms with Gasteiger partial charge in [-0.1, -0.05) is 13.0 Å². The molecule has 0 saturated carbocycles. The molecular weight excluding hydrogens is 476 g/mol. The van der Waals surface area contributed by atoms with E-state index in [0.29, 0.717) is 35.8 Å². The number of nitrogens with one attached hydrogen (secondary N) is 1. The van der Waals surface area contributed by atoms with Crippen LogP contribution in [0.15, 0.2) is 42.6 Å².